The van der Waals surface area contributed by atoms with Crippen LogP contribution in [0, 0.1) is 17.2 Å². The highest BCUT2D eigenvalue weighted by Crippen LogP contribution is 2.37. The molecular formula is C31H39N9O5. The van der Waals surface area contributed by atoms with Crippen LogP contribution in [-0.4, -0.2) is 103 Å². The number of carbonyl (C=O) groups is 2. The van der Waals surface area contributed by atoms with E-state index < -0.39 is 11.5 Å². The number of allylic oxidation sites excluding steroid dienone is 1. The van der Waals surface area contributed by atoms with E-state index in [4.69, 9.17) is 24.3 Å². The number of hydrogen-bond donors (Lipinski definition) is 3. The standard InChI is InChI=1S/C31H39N9O5/c1-31(2,3)45-30(42)40-17-20-15-39(16-21(20)18-40)27-22(12-24-26(36-27)37-29(44-24)38-8-10-43-11-9-38)28(41)35-25-7-5-6-23(34-25)19(13-32)14-33-4/h5-7,12-14,20-21,32-33H,8-11,15-18H2,1-4H3,(H,34,35,41)/b19-14+,32-13?. The molecule has 0 aromatic carbocycles. The summed E-state index contributed by atoms with van der Waals surface area (Å²) in [4.78, 5) is 46.6. The molecule has 3 aromatic heterocycles. The molecule has 238 valence electrons. The number of nitrogens with zero attached hydrogens (tertiary/aromatic N) is 6. The van der Waals surface area contributed by atoms with Gasteiger partial charge in [-0.2, -0.15) is 4.98 Å². The molecule has 6 heterocycles. The highest BCUT2D eigenvalue weighted by Gasteiger charge is 2.44. The lowest BCUT2D eigenvalue weighted by Gasteiger charge is -2.26. The highest BCUT2D eigenvalue weighted by molar-refractivity contribution is 6.10. The average molecular weight is 618 g/mol. The van der Waals surface area contributed by atoms with Crippen molar-refractivity contribution in [2.75, 3.05) is 74.6 Å². The molecule has 3 aliphatic rings. The molecule has 2 atom stereocenters. The molecule has 0 spiro atoms. The molecule has 3 aliphatic heterocycles. The second-order valence-corrected chi connectivity index (χ2v) is 12.5. The summed E-state index contributed by atoms with van der Waals surface area (Å²) in [7, 11) is 1.75. The zero-order chi connectivity index (χ0) is 31.7. The van der Waals surface area contributed by atoms with Crippen LogP contribution in [0.25, 0.3) is 16.8 Å². The number of pyridine rings is 2. The summed E-state index contributed by atoms with van der Waals surface area (Å²) < 4.78 is 17.2. The van der Waals surface area contributed by atoms with Gasteiger partial charge in [-0.3, -0.25) is 4.79 Å². The molecule has 14 heteroatoms. The van der Waals surface area contributed by atoms with E-state index >= 15 is 0 Å². The van der Waals surface area contributed by atoms with Crippen LogP contribution in [0.1, 0.15) is 36.8 Å². The van der Waals surface area contributed by atoms with E-state index in [0.29, 0.717) is 98.2 Å². The van der Waals surface area contributed by atoms with E-state index in [2.05, 4.69) is 25.5 Å². The van der Waals surface area contributed by atoms with E-state index in [1.54, 1.807) is 42.4 Å². The first-order valence-electron chi connectivity index (χ1n) is 15.2. The Bertz CT molecular complexity index is 1610. The van der Waals surface area contributed by atoms with Crippen molar-refractivity contribution in [1.82, 2.24) is 25.2 Å². The monoisotopic (exact) mass is 617 g/mol. The van der Waals surface area contributed by atoms with Gasteiger partial charge in [0.25, 0.3) is 11.9 Å². The van der Waals surface area contributed by atoms with Crippen molar-refractivity contribution in [3.05, 3.63) is 41.7 Å². The number of hydrogen-bond acceptors (Lipinski definition) is 12. The van der Waals surface area contributed by atoms with Gasteiger partial charge in [-0.05, 0) is 32.9 Å². The van der Waals surface area contributed by atoms with E-state index in [1.165, 1.54) is 6.21 Å². The molecule has 0 bridgehead atoms. The molecule has 3 fully saturated rings. The van der Waals surface area contributed by atoms with E-state index in [-0.39, 0.29) is 17.9 Å². The summed E-state index contributed by atoms with van der Waals surface area (Å²) in [6.07, 6.45) is 2.57. The number of oxazole rings is 1. The van der Waals surface area contributed by atoms with Crippen LogP contribution in [0.2, 0.25) is 0 Å². The van der Waals surface area contributed by atoms with Gasteiger partial charge in [0.1, 0.15) is 17.2 Å². The molecule has 3 aromatic rings. The molecule has 0 radical (unpaired) electrons. The summed E-state index contributed by atoms with van der Waals surface area (Å²) in [6.45, 7) is 10.5. The molecular weight excluding hydrogens is 578 g/mol. The van der Waals surface area contributed by atoms with Crippen molar-refractivity contribution in [2.24, 2.45) is 11.8 Å². The number of morpholine rings is 1. The summed E-state index contributed by atoms with van der Waals surface area (Å²) in [5.74, 6) is 0.875. The number of aromatic nitrogens is 3. The Morgan fingerprint density at radius 3 is 2.44 bits per heavy atom. The van der Waals surface area contributed by atoms with Crippen LogP contribution < -0.4 is 20.4 Å². The van der Waals surface area contributed by atoms with Gasteiger partial charge < -0.3 is 44.6 Å². The van der Waals surface area contributed by atoms with Gasteiger partial charge in [-0.1, -0.05) is 6.07 Å². The van der Waals surface area contributed by atoms with E-state index in [1.807, 2.05) is 25.7 Å². The number of ether oxygens (including phenoxy) is 2. The van der Waals surface area contributed by atoms with Gasteiger partial charge in [0.2, 0.25) is 5.65 Å². The van der Waals surface area contributed by atoms with Crippen molar-refractivity contribution in [3.8, 4) is 0 Å². The van der Waals surface area contributed by atoms with E-state index in [9.17, 15) is 9.59 Å². The van der Waals surface area contributed by atoms with Gasteiger partial charge in [-0.15, -0.1) is 0 Å². The maximum Gasteiger partial charge on any atom is 0.410 e. The Morgan fingerprint density at radius 2 is 1.78 bits per heavy atom. The van der Waals surface area contributed by atoms with Gasteiger partial charge >= 0.3 is 6.09 Å². The van der Waals surface area contributed by atoms with Crippen LogP contribution in [0.4, 0.5) is 22.4 Å². The van der Waals surface area contributed by atoms with Crippen molar-refractivity contribution in [1.29, 1.82) is 5.41 Å². The predicted octanol–water partition coefficient (Wildman–Crippen LogP) is 3.22. The number of nitrogens with one attached hydrogen (secondary N) is 3. The highest BCUT2D eigenvalue weighted by atomic mass is 16.6. The third-order valence-electron chi connectivity index (χ3n) is 8.06. The summed E-state index contributed by atoms with van der Waals surface area (Å²) in [6, 6.07) is 7.38. The Morgan fingerprint density at radius 1 is 1.04 bits per heavy atom. The van der Waals surface area contributed by atoms with Crippen molar-refractivity contribution in [2.45, 2.75) is 26.4 Å². The summed E-state index contributed by atoms with van der Waals surface area (Å²) in [5.41, 5.74) is 1.71. The van der Waals surface area contributed by atoms with Crippen LogP contribution in [0.5, 0.6) is 0 Å². The van der Waals surface area contributed by atoms with E-state index in [0.717, 1.165) is 0 Å². The SMILES string of the molecule is CN/C=C(\C=N)c1cccc(NC(=O)c2cc3oc(N4CCOCC4)nc3nc2N2CC3CN(C(=O)OC(C)(C)C)CC3C2)n1. The zero-order valence-electron chi connectivity index (χ0n) is 26.0. The number of carbonyl (C=O) groups excluding carboxylic acids is 2. The Hall–Kier alpha value is -4.72. The normalized spacial score (nSPS) is 20.4. The lowest BCUT2D eigenvalue weighted by Crippen LogP contribution is -2.38. The minimum atomic E-state index is -0.557. The molecule has 3 saturated heterocycles. The van der Waals surface area contributed by atoms with Crippen LogP contribution in [-0.2, 0) is 9.47 Å². The van der Waals surface area contributed by atoms with Crippen molar-refractivity contribution < 1.29 is 23.5 Å². The maximum atomic E-state index is 13.9. The summed E-state index contributed by atoms with van der Waals surface area (Å²) >= 11 is 0. The molecule has 2 amide bonds. The Labute approximate surface area is 261 Å². The van der Waals surface area contributed by atoms with Gasteiger partial charge in [0.05, 0.1) is 24.5 Å². The average Bonchev–Trinajstić information content (AvgIpc) is 3.72. The fourth-order valence-electron chi connectivity index (χ4n) is 5.98. The van der Waals surface area contributed by atoms with Crippen molar-refractivity contribution >= 4 is 52.7 Å². The Balaban J connectivity index is 1.28. The van der Waals surface area contributed by atoms with Crippen LogP contribution in [0.3, 0.4) is 0 Å². The lowest BCUT2D eigenvalue weighted by molar-refractivity contribution is 0.0282. The summed E-state index contributed by atoms with van der Waals surface area (Å²) in [5, 5.41) is 13.5. The second-order valence-electron chi connectivity index (χ2n) is 12.5. The van der Waals surface area contributed by atoms with Crippen molar-refractivity contribution in [3.63, 3.8) is 0 Å². The minimum Gasteiger partial charge on any atom is -0.444 e. The predicted molar refractivity (Wildman–Crippen MR) is 170 cm³/mol. The fourth-order valence-corrected chi connectivity index (χ4v) is 5.98. The second kappa shape index (κ2) is 12.3. The topological polar surface area (TPSA) is 162 Å². The largest absolute Gasteiger partial charge is 0.444 e. The number of anilines is 3. The minimum absolute atomic E-state index is 0.212. The molecule has 14 nitrogen and oxygen atoms in total. The maximum absolute atomic E-state index is 13.9. The first-order chi connectivity index (χ1) is 21.6. The zero-order valence-corrected chi connectivity index (χ0v) is 26.0. The Kier molecular flexibility index (Phi) is 8.32. The third-order valence-corrected chi connectivity index (χ3v) is 8.06. The number of fused-ring (bicyclic) bond motifs is 2. The quantitative estimate of drug-likeness (QED) is 0.334. The molecule has 0 saturated carbocycles. The molecule has 45 heavy (non-hydrogen) atoms. The third kappa shape index (κ3) is 6.55. The van der Waals surface area contributed by atoms with Gasteiger partial charge in [0, 0.05) is 82.2 Å². The number of rotatable bonds is 7. The fraction of sp³-hybridized carbons (Fsp3) is 0.484. The van der Waals surface area contributed by atoms with Crippen LogP contribution >= 0.6 is 0 Å². The number of amides is 2. The molecule has 6 rings (SSSR count). The van der Waals surface area contributed by atoms with Crippen LogP contribution in [0.15, 0.2) is 34.9 Å². The van der Waals surface area contributed by atoms with Gasteiger partial charge in [0.15, 0.2) is 5.58 Å². The first kappa shape index (κ1) is 30.3. The first-order valence-corrected chi connectivity index (χ1v) is 15.2. The molecule has 0 aliphatic carbocycles. The molecule has 3 N–H and O–H groups in total. The number of likely N-dealkylation sites (tertiary alicyclic amines) is 1. The smallest absolute Gasteiger partial charge is 0.410 e. The molecule has 2 unspecified atom stereocenters. The van der Waals surface area contributed by atoms with Gasteiger partial charge in [-0.25, -0.2) is 14.8 Å². The lowest BCUT2D eigenvalue weighted by atomic mass is 10.0.